The fourth-order valence-corrected chi connectivity index (χ4v) is 4.79. The maximum atomic E-state index is 14.0. The van der Waals surface area contributed by atoms with E-state index in [1.807, 2.05) is 30.5 Å². The van der Waals surface area contributed by atoms with Gasteiger partial charge in [0.1, 0.15) is 10.7 Å². The number of nitrogens with one attached hydrogen (secondary N) is 3. The molecule has 1 amide bonds. The van der Waals surface area contributed by atoms with Gasteiger partial charge < -0.3 is 10.3 Å². The number of hydrogen-bond acceptors (Lipinski definition) is 3. The summed E-state index contributed by atoms with van der Waals surface area (Å²) >= 11 is 5.68. The number of H-pyrrole nitrogens is 1. The van der Waals surface area contributed by atoms with Crippen LogP contribution in [0.15, 0.2) is 77.8 Å². The zero-order valence-corrected chi connectivity index (χ0v) is 19.0. The van der Waals surface area contributed by atoms with Gasteiger partial charge in [0.05, 0.1) is 6.42 Å². The largest absolute Gasteiger partial charge is 0.361 e. The number of rotatable bonds is 8. The monoisotopic (exact) mass is 485 g/mol. The number of aromatic amines is 1. The highest BCUT2D eigenvalue weighted by Crippen LogP contribution is 2.22. The Bertz CT molecular complexity index is 1400. The molecule has 1 aromatic heterocycles. The normalized spacial score (nSPS) is 11.5. The topological polar surface area (TPSA) is 91.1 Å². The highest BCUT2D eigenvalue weighted by Gasteiger charge is 2.19. The lowest BCUT2D eigenvalue weighted by atomic mass is 10.1. The summed E-state index contributed by atoms with van der Waals surface area (Å²) in [6.45, 7) is 0.505. The van der Waals surface area contributed by atoms with E-state index in [0.29, 0.717) is 13.0 Å². The lowest BCUT2D eigenvalue weighted by Gasteiger charge is -2.10. The van der Waals surface area contributed by atoms with E-state index in [2.05, 4.69) is 15.0 Å². The first-order valence-electron chi connectivity index (χ1n) is 10.2. The summed E-state index contributed by atoms with van der Waals surface area (Å²) in [5, 5.41) is 4.15. The van der Waals surface area contributed by atoms with E-state index in [1.54, 1.807) is 12.1 Å². The molecule has 0 radical (unpaired) electrons. The fraction of sp³-hybridized carbons (Fsp3) is 0.125. The third kappa shape index (κ3) is 5.53. The SMILES string of the molecule is O=C(Cc1ccc(NS(=O)(=O)c2ccc(Cl)cc2F)cc1)NCCc1c[nH]c2ccccc12. The number of carbonyl (C=O) groups is 1. The van der Waals surface area contributed by atoms with Gasteiger partial charge in [-0.15, -0.1) is 0 Å². The molecule has 6 nitrogen and oxygen atoms in total. The van der Waals surface area contributed by atoms with E-state index in [0.717, 1.165) is 34.2 Å². The third-order valence-corrected chi connectivity index (χ3v) is 6.80. The first-order chi connectivity index (χ1) is 15.8. The lowest BCUT2D eigenvalue weighted by molar-refractivity contribution is -0.120. The Morgan fingerprint density at radius 2 is 1.79 bits per heavy atom. The molecule has 33 heavy (non-hydrogen) atoms. The molecule has 0 atom stereocenters. The van der Waals surface area contributed by atoms with Crippen LogP contribution in [0.3, 0.4) is 0 Å². The Morgan fingerprint density at radius 1 is 1.03 bits per heavy atom. The second-order valence-corrected chi connectivity index (χ2v) is 9.60. The number of benzene rings is 3. The number of fused-ring (bicyclic) bond motifs is 1. The molecule has 0 fully saturated rings. The van der Waals surface area contributed by atoms with Gasteiger partial charge in [0.15, 0.2) is 0 Å². The van der Waals surface area contributed by atoms with Crippen molar-refractivity contribution < 1.29 is 17.6 Å². The molecule has 0 aliphatic rings. The average molecular weight is 486 g/mol. The van der Waals surface area contributed by atoms with Crippen molar-refractivity contribution in [2.45, 2.75) is 17.7 Å². The molecule has 0 bridgehead atoms. The number of aromatic nitrogens is 1. The van der Waals surface area contributed by atoms with Gasteiger partial charge in [-0.3, -0.25) is 9.52 Å². The third-order valence-electron chi connectivity index (χ3n) is 5.15. The van der Waals surface area contributed by atoms with Crippen molar-refractivity contribution in [3.05, 3.63) is 94.9 Å². The molecule has 170 valence electrons. The number of halogens is 2. The van der Waals surface area contributed by atoms with E-state index >= 15 is 0 Å². The number of sulfonamides is 1. The molecule has 1 heterocycles. The smallest absolute Gasteiger partial charge is 0.264 e. The average Bonchev–Trinajstić information content (AvgIpc) is 3.18. The predicted octanol–water partition coefficient (Wildman–Crippen LogP) is 4.66. The molecule has 0 aliphatic carbocycles. The van der Waals surface area contributed by atoms with E-state index in [4.69, 9.17) is 11.6 Å². The maximum Gasteiger partial charge on any atom is 0.264 e. The van der Waals surface area contributed by atoms with Crippen LogP contribution in [0.4, 0.5) is 10.1 Å². The number of carbonyl (C=O) groups excluding carboxylic acids is 1. The number of hydrogen-bond donors (Lipinski definition) is 3. The Morgan fingerprint density at radius 3 is 2.55 bits per heavy atom. The van der Waals surface area contributed by atoms with Crippen molar-refractivity contribution in [2.24, 2.45) is 0 Å². The molecule has 0 saturated heterocycles. The molecule has 3 aromatic carbocycles. The maximum absolute atomic E-state index is 14.0. The Hall–Kier alpha value is -3.36. The van der Waals surface area contributed by atoms with E-state index in [-0.39, 0.29) is 23.0 Å². The van der Waals surface area contributed by atoms with Crippen LogP contribution < -0.4 is 10.0 Å². The van der Waals surface area contributed by atoms with Crippen molar-refractivity contribution in [3.63, 3.8) is 0 Å². The quantitative estimate of drug-likeness (QED) is 0.339. The van der Waals surface area contributed by atoms with E-state index < -0.39 is 20.7 Å². The second-order valence-electron chi connectivity index (χ2n) is 7.51. The minimum Gasteiger partial charge on any atom is -0.361 e. The molecular weight excluding hydrogens is 465 g/mol. The van der Waals surface area contributed by atoms with Crippen LogP contribution in [0.2, 0.25) is 5.02 Å². The van der Waals surface area contributed by atoms with Crippen molar-refractivity contribution in [3.8, 4) is 0 Å². The van der Waals surface area contributed by atoms with Gasteiger partial charge in [0.25, 0.3) is 10.0 Å². The standard InChI is InChI=1S/C24H21ClFN3O3S/c25-18-7-10-23(21(26)14-18)33(31,32)29-19-8-5-16(6-9-19)13-24(30)27-12-11-17-15-28-22-4-2-1-3-20(17)22/h1-10,14-15,28-29H,11-13H2,(H,27,30). The van der Waals surface area contributed by atoms with Crippen LogP contribution in [0, 0.1) is 5.82 Å². The van der Waals surface area contributed by atoms with Crippen molar-refractivity contribution in [1.29, 1.82) is 0 Å². The summed E-state index contributed by atoms with van der Waals surface area (Å²) < 4.78 is 41.2. The number of para-hydroxylation sites is 1. The summed E-state index contributed by atoms with van der Waals surface area (Å²) in [5.74, 6) is -1.07. The van der Waals surface area contributed by atoms with Crippen molar-refractivity contribution in [1.82, 2.24) is 10.3 Å². The minimum absolute atomic E-state index is 0.107. The van der Waals surface area contributed by atoms with Crippen LogP contribution >= 0.6 is 11.6 Å². The fourth-order valence-electron chi connectivity index (χ4n) is 3.52. The Labute approximate surface area is 195 Å². The van der Waals surface area contributed by atoms with Crippen LogP contribution in [-0.2, 0) is 27.7 Å². The molecule has 3 N–H and O–H groups in total. The summed E-state index contributed by atoms with van der Waals surface area (Å²) in [5.41, 5.74) is 3.18. The number of amides is 1. The molecular formula is C24H21ClFN3O3S. The molecule has 0 spiro atoms. The van der Waals surface area contributed by atoms with Gasteiger partial charge in [-0.25, -0.2) is 12.8 Å². The van der Waals surface area contributed by atoms with Gasteiger partial charge in [0.2, 0.25) is 5.91 Å². The van der Waals surface area contributed by atoms with Gasteiger partial charge in [-0.05, 0) is 53.9 Å². The highest BCUT2D eigenvalue weighted by atomic mass is 35.5. The zero-order chi connectivity index (χ0) is 23.4. The molecule has 0 saturated carbocycles. The molecule has 9 heteroatoms. The van der Waals surface area contributed by atoms with Gasteiger partial charge in [-0.2, -0.15) is 0 Å². The van der Waals surface area contributed by atoms with E-state index in [9.17, 15) is 17.6 Å². The van der Waals surface area contributed by atoms with Crippen LogP contribution in [-0.4, -0.2) is 25.9 Å². The molecule has 0 aliphatic heterocycles. The first-order valence-corrected chi connectivity index (χ1v) is 12.1. The predicted molar refractivity (Wildman–Crippen MR) is 127 cm³/mol. The summed E-state index contributed by atoms with van der Waals surface area (Å²) in [6, 6.07) is 17.7. The van der Waals surface area contributed by atoms with Crippen molar-refractivity contribution >= 4 is 44.1 Å². The summed E-state index contributed by atoms with van der Waals surface area (Å²) in [4.78, 5) is 15.0. The molecule has 4 rings (SSSR count). The zero-order valence-electron chi connectivity index (χ0n) is 17.4. The van der Waals surface area contributed by atoms with E-state index in [1.165, 1.54) is 18.2 Å². The second kappa shape index (κ2) is 9.64. The minimum atomic E-state index is -4.11. The van der Waals surface area contributed by atoms with Gasteiger partial charge in [-0.1, -0.05) is 41.9 Å². The number of anilines is 1. The van der Waals surface area contributed by atoms with Crippen LogP contribution in [0.5, 0.6) is 0 Å². The van der Waals surface area contributed by atoms with Gasteiger partial charge >= 0.3 is 0 Å². The Kier molecular flexibility index (Phi) is 6.67. The van der Waals surface area contributed by atoms with Gasteiger partial charge in [0, 0.05) is 34.4 Å². The highest BCUT2D eigenvalue weighted by molar-refractivity contribution is 7.92. The molecule has 0 unspecified atom stereocenters. The van der Waals surface area contributed by atoms with Crippen LogP contribution in [0.1, 0.15) is 11.1 Å². The molecule has 4 aromatic rings. The summed E-state index contributed by atoms with van der Waals surface area (Å²) in [7, 11) is -4.11. The van der Waals surface area contributed by atoms with Crippen LogP contribution in [0.25, 0.3) is 10.9 Å². The summed E-state index contributed by atoms with van der Waals surface area (Å²) in [6.07, 6.45) is 2.82. The van der Waals surface area contributed by atoms with Crippen molar-refractivity contribution in [2.75, 3.05) is 11.3 Å². The first kappa shape index (κ1) is 22.8. The lowest BCUT2D eigenvalue weighted by Crippen LogP contribution is -2.27. The Balaban J connectivity index is 1.31.